The van der Waals surface area contributed by atoms with E-state index in [0.717, 1.165) is 18.1 Å². The van der Waals surface area contributed by atoms with Gasteiger partial charge in [0.2, 0.25) is 0 Å². The molecule has 0 fully saturated rings. The van der Waals surface area contributed by atoms with Gasteiger partial charge in [-0.15, -0.1) is 0 Å². The Morgan fingerprint density at radius 1 is 1.15 bits per heavy atom. The summed E-state index contributed by atoms with van der Waals surface area (Å²) >= 11 is 0. The van der Waals surface area contributed by atoms with Gasteiger partial charge in [0.05, 0.1) is 6.61 Å². The highest BCUT2D eigenvalue weighted by atomic mass is 19.1. The monoisotopic (exact) mass is 274 g/mol. The van der Waals surface area contributed by atoms with Crippen LogP contribution in [-0.2, 0) is 11.2 Å². The van der Waals surface area contributed by atoms with Gasteiger partial charge in [-0.25, -0.2) is 4.39 Å². The molecule has 0 radical (unpaired) electrons. The molecule has 104 valence electrons. The summed E-state index contributed by atoms with van der Waals surface area (Å²) in [6.45, 7) is 0.655. The molecule has 0 aromatic heterocycles. The third kappa shape index (κ3) is 3.65. The largest absolute Gasteiger partial charge is 0.454 e. The number of carbonyl (C=O) groups is 1. The molecule has 0 atom stereocenters. The summed E-state index contributed by atoms with van der Waals surface area (Å²) in [5.74, 6) is 0.0854. The maximum Gasteiger partial charge on any atom is 0.166 e. The Labute approximate surface area is 117 Å². The van der Waals surface area contributed by atoms with E-state index in [2.05, 4.69) is 0 Å². The normalized spacial score (nSPS) is 10.3. The number of halogens is 1. The lowest BCUT2D eigenvalue weighted by atomic mass is 10.1. The fraction of sp³-hybridized carbons (Fsp3) is 0.188. The van der Waals surface area contributed by atoms with Gasteiger partial charge in [0.1, 0.15) is 12.0 Å². The minimum atomic E-state index is -0.557. The van der Waals surface area contributed by atoms with Crippen molar-refractivity contribution in [3.63, 3.8) is 0 Å². The van der Waals surface area contributed by atoms with E-state index >= 15 is 0 Å². The predicted molar refractivity (Wildman–Crippen MR) is 73.9 cm³/mol. The van der Waals surface area contributed by atoms with Gasteiger partial charge < -0.3 is 9.47 Å². The number of ether oxygens (including phenoxy) is 2. The maximum atomic E-state index is 13.7. The highest BCUT2D eigenvalue weighted by Crippen LogP contribution is 2.25. The van der Waals surface area contributed by atoms with Crippen LogP contribution in [0.25, 0.3) is 0 Å². The molecule has 3 nitrogen and oxygen atoms in total. The Morgan fingerprint density at radius 2 is 1.90 bits per heavy atom. The van der Waals surface area contributed by atoms with E-state index in [1.807, 2.05) is 12.1 Å². The lowest BCUT2D eigenvalue weighted by Gasteiger charge is -2.08. The van der Waals surface area contributed by atoms with Gasteiger partial charge in [-0.3, -0.25) is 4.79 Å². The molecule has 0 unspecified atom stereocenters. The molecule has 0 aliphatic rings. The molecule has 0 amide bonds. The second-order valence-corrected chi connectivity index (χ2v) is 4.30. The van der Waals surface area contributed by atoms with Crippen molar-refractivity contribution in [2.24, 2.45) is 0 Å². The number of rotatable bonds is 6. The van der Waals surface area contributed by atoms with Crippen molar-refractivity contribution in [1.29, 1.82) is 0 Å². The molecule has 0 saturated carbocycles. The van der Waals surface area contributed by atoms with Crippen molar-refractivity contribution in [2.45, 2.75) is 6.42 Å². The summed E-state index contributed by atoms with van der Waals surface area (Å²) in [5, 5.41) is 0. The smallest absolute Gasteiger partial charge is 0.166 e. The molecule has 0 aliphatic carbocycles. The van der Waals surface area contributed by atoms with E-state index in [1.165, 1.54) is 12.1 Å². The SMILES string of the molecule is COCCc1ccc(Oc2ccc(C=O)cc2F)cc1. The molecule has 0 N–H and O–H groups in total. The molecule has 0 aliphatic heterocycles. The average Bonchev–Trinajstić information content (AvgIpc) is 2.48. The van der Waals surface area contributed by atoms with Crippen molar-refractivity contribution < 1.29 is 18.7 Å². The van der Waals surface area contributed by atoms with Crippen LogP contribution in [0.2, 0.25) is 0 Å². The molecule has 0 spiro atoms. The number of hydrogen-bond acceptors (Lipinski definition) is 3. The van der Waals surface area contributed by atoms with Crippen LogP contribution in [0.1, 0.15) is 15.9 Å². The van der Waals surface area contributed by atoms with Crippen LogP contribution in [0, 0.1) is 5.82 Å². The molecule has 2 rings (SSSR count). The van der Waals surface area contributed by atoms with Gasteiger partial charge in [-0.2, -0.15) is 0 Å². The highest BCUT2D eigenvalue weighted by molar-refractivity contribution is 5.75. The van der Waals surface area contributed by atoms with E-state index in [1.54, 1.807) is 19.2 Å². The molecule has 0 saturated heterocycles. The van der Waals surface area contributed by atoms with Crippen molar-refractivity contribution >= 4 is 6.29 Å². The minimum absolute atomic E-state index is 0.0974. The standard InChI is InChI=1S/C16H15FO3/c1-19-9-8-12-2-5-14(6-3-12)20-16-7-4-13(11-18)10-15(16)17/h2-7,10-11H,8-9H2,1H3. The van der Waals surface area contributed by atoms with Crippen LogP contribution in [0.5, 0.6) is 11.5 Å². The van der Waals surface area contributed by atoms with Crippen molar-refractivity contribution in [3.8, 4) is 11.5 Å². The van der Waals surface area contributed by atoms with Crippen LogP contribution >= 0.6 is 0 Å². The van der Waals surface area contributed by atoms with E-state index in [4.69, 9.17) is 9.47 Å². The summed E-state index contributed by atoms with van der Waals surface area (Å²) in [5.41, 5.74) is 1.40. The Kier molecular flexibility index (Phi) is 4.85. The van der Waals surface area contributed by atoms with Crippen LogP contribution in [0.4, 0.5) is 4.39 Å². The van der Waals surface area contributed by atoms with E-state index in [0.29, 0.717) is 18.6 Å². The van der Waals surface area contributed by atoms with E-state index < -0.39 is 5.82 Å². The highest BCUT2D eigenvalue weighted by Gasteiger charge is 2.06. The first-order valence-corrected chi connectivity index (χ1v) is 6.23. The number of hydrogen-bond donors (Lipinski definition) is 0. The zero-order valence-corrected chi connectivity index (χ0v) is 11.1. The second kappa shape index (κ2) is 6.82. The lowest BCUT2D eigenvalue weighted by Crippen LogP contribution is -1.94. The Hall–Kier alpha value is -2.20. The fourth-order valence-electron chi connectivity index (χ4n) is 1.74. The van der Waals surface area contributed by atoms with Gasteiger partial charge in [0.15, 0.2) is 11.6 Å². The molecule has 2 aromatic rings. The van der Waals surface area contributed by atoms with Gasteiger partial charge in [0.25, 0.3) is 0 Å². The topological polar surface area (TPSA) is 35.5 Å². The van der Waals surface area contributed by atoms with Crippen molar-refractivity contribution in [3.05, 3.63) is 59.4 Å². The summed E-state index contributed by atoms with van der Waals surface area (Å²) in [6, 6.07) is 11.5. The van der Waals surface area contributed by atoms with Gasteiger partial charge in [-0.1, -0.05) is 12.1 Å². The third-order valence-electron chi connectivity index (χ3n) is 2.84. The van der Waals surface area contributed by atoms with Crippen LogP contribution in [0.3, 0.4) is 0 Å². The van der Waals surface area contributed by atoms with E-state index in [9.17, 15) is 9.18 Å². The van der Waals surface area contributed by atoms with Gasteiger partial charge >= 0.3 is 0 Å². The lowest BCUT2D eigenvalue weighted by molar-refractivity contribution is 0.112. The molecular weight excluding hydrogens is 259 g/mol. The molecular formula is C16H15FO3. The third-order valence-corrected chi connectivity index (χ3v) is 2.84. The van der Waals surface area contributed by atoms with Crippen LogP contribution < -0.4 is 4.74 Å². The number of methoxy groups -OCH3 is 1. The summed E-state index contributed by atoms with van der Waals surface area (Å²) in [4.78, 5) is 10.5. The number of carbonyl (C=O) groups excluding carboxylic acids is 1. The molecule has 20 heavy (non-hydrogen) atoms. The second-order valence-electron chi connectivity index (χ2n) is 4.30. The first-order chi connectivity index (χ1) is 9.72. The van der Waals surface area contributed by atoms with Crippen LogP contribution in [0.15, 0.2) is 42.5 Å². The minimum Gasteiger partial charge on any atom is -0.454 e. The summed E-state index contributed by atoms with van der Waals surface area (Å²) in [7, 11) is 1.66. The van der Waals surface area contributed by atoms with Gasteiger partial charge in [0, 0.05) is 12.7 Å². The number of aldehydes is 1. The summed E-state index contributed by atoms with van der Waals surface area (Å²) in [6.07, 6.45) is 1.41. The first kappa shape index (κ1) is 14.2. The Morgan fingerprint density at radius 3 is 2.50 bits per heavy atom. The molecule has 0 bridgehead atoms. The zero-order valence-electron chi connectivity index (χ0n) is 11.1. The van der Waals surface area contributed by atoms with Crippen molar-refractivity contribution in [1.82, 2.24) is 0 Å². The van der Waals surface area contributed by atoms with E-state index in [-0.39, 0.29) is 11.3 Å². The summed E-state index contributed by atoms with van der Waals surface area (Å²) < 4.78 is 24.1. The predicted octanol–water partition coefficient (Wildman–Crippen LogP) is 3.62. The first-order valence-electron chi connectivity index (χ1n) is 6.23. The quantitative estimate of drug-likeness (QED) is 0.755. The van der Waals surface area contributed by atoms with Gasteiger partial charge in [-0.05, 0) is 42.3 Å². The Balaban J connectivity index is 2.08. The molecule has 4 heteroatoms. The molecule has 0 heterocycles. The Bertz CT molecular complexity index is 579. The average molecular weight is 274 g/mol. The zero-order chi connectivity index (χ0) is 14.4. The number of benzene rings is 2. The van der Waals surface area contributed by atoms with Crippen LogP contribution in [-0.4, -0.2) is 20.0 Å². The molecule has 2 aromatic carbocycles. The van der Waals surface area contributed by atoms with Crippen molar-refractivity contribution in [2.75, 3.05) is 13.7 Å². The maximum absolute atomic E-state index is 13.7. The fourth-order valence-corrected chi connectivity index (χ4v) is 1.74.